The molecule has 0 bridgehead atoms. The van der Waals surface area contributed by atoms with Gasteiger partial charge in [0.1, 0.15) is 11.5 Å². The number of carbonyl (C=O) groups excluding carboxylic acids is 1. The molecule has 4 heterocycles. The van der Waals surface area contributed by atoms with E-state index in [-0.39, 0.29) is 85.2 Å². The van der Waals surface area contributed by atoms with Gasteiger partial charge in [-0.05, 0) is 42.2 Å². The van der Waals surface area contributed by atoms with Crippen molar-refractivity contribution in [3.8, 4) is 5.69 Å². The second-order valence-corrected chi connectivity index (χ2v) is 13.3. The number of carbonyl (C=O) groups is 2. The molecule has 2 fully saturated rings. The second-order valence-electron chi connectivity index (χ2n) is 12.9. The van der Waals surface area contributed by atoms with Gasteiger partial charge in [-0.25, -0.2) is 9.78 Å². The van der Waals surface area contributed by atoms with Gasteiger partial charge >= 0.3 is 18.4 Å². The number of hydrogen-bond acceptors (Lipinski definition) is 6. The van der Waals surface area contributed by atoms with Crippen molar-refractivity contribution in [2.75, 3.05) is 32.8 Å². The van der Waals surface area contributed by atoms with Crippen molar-refractivity contribution in [1.29, 1.82) is 0 Å². The number of aromatic nitrogens is 3. The number of benzene rings is 2. The number of halogens is 7. The molecule has 11 nitrogen and oxygen atoms in total. The van der Waals surface area contributed by atoms with E-state index < -0.39 is 59.5 Å². The van der Waals surface area contributed by atoms with Crippen LogP contribution in [0.4, 0.5) is 31.1 Å². The lowest BCUT2D eigenvalue weighted by atomic mass is 9.89. The first kappa shape index (κ1) is 37.2. The molecule has 2 saturated heterocycles. The van der Waals surface area contributed by atoms with E-state index in [0.717, 1.165) is 32.5 Å². The molecule has 0 radical (unpaired) electrons. The van der Waals surface area contributed by atoms with Crippen LogP contribution in [0.2, 0.25) is 5.15 Å². The zero-order valence-electron chi connectivity index (χ0n) is 27.2. The van der Waals surface area contributed by atoms with E-state index in [2.05, 4.69) is 4.98 Å². The van der Waals surface area contributed by atoms with Crippen molar-refractivity contribution in [2.45, 2.75) is 55.7 Å². The van der Waals surface area contributed by atoms with Gasteiger partial charge in [0.25, 0.3) is 5.56 Å². The van der Waals surface area contributed by atoms with E-state index in [9.17, 15) is 50.9 Å². The minimum atomic E-state index is -4.90. The number of aliphatic hydroxyl groups is 1. The summed E-state index contributed by atoms with van der Waals surface area (Å²) in [6.45, 7) is -0.771. The first-order valence-electron chi connectivity index (χ1n) is 16.1. The smallest absolute Gasteiger partial charge is 0.416 e. The molecule has 2 atom stereocenters. The van der Waals surface area contributed by atoms with Gasteiger partial charge < -0.3 is 19.8 Å². The Labute approximate surface area is 296 Å². The Kier molecular flexibility index (Phi) is 10.1. The summed E-state index contributed by atoms with van der Waals surface area (Å²) in [6, 6.07) is 10.3. The normalized spacial score (nSPS) is 18.8. The molecule has 2 N–H and O–H groups in total. The summed E-state index contributed by atoms with van der Waals surface area (Å²) in [5.41, 5.74) is -3.86. The third kappa shape index (κ3) is 7.47. The molecule has 0 saturated carbocycles. The van der Waals surface area contributed by atoms with Crippen LogP contribution >= 0.6 is 11.6 Å². The largest absolute Gasteiger partial charge is 0.465 e. The second kappa shape index (κ2) is 14.1. The van der Waals surface area contributed by atoms with Gasteiger partial charge in [-0.2, -0.15) is 26.3 Å². The molecule has 0 aliphatic carbocycles. The lowest BCUT2D eigenvalue weighted by molar-refractivity contribution is -0.162. The van der Waals surface area contributed by atoms with Gasteiger partial charge in [-0.3, -0.25) is 23.6 Å². The van der Waals surface area contributed by atoms with E-state index in [1.54, 1.807) is 6.07 Å². The summed E-state index contributed by atoms with van der Waals surface area (Å²) in [5, 5.41) is 20.7. The molecule has 0 spiro atoms. The number of alkyl halides is 6. The summed E-state index contributed by atoms with van der Waals surface area (Å²) in [6.07, 6.45) is -10.8. The van der Waals surface area contributed by atoms with E-state index >= 15 is 0 Å². The van der Waals surface area contributed by atoms with E-state index in [1.165, 1.54) is 41.3 Å². The molecule has 2 aromatic carbocycles. The maximum absolute atomic E-state index is 14.4. The van der Waals surface area contributed by atoms with Crippen LogP contribution in [0.3, 0.4) is 0 Å². The average Bonchev–Trinajstić information content (AvgIpc) is 3.44. The lowest BCUT2D eigenvalue weighted by Gasteiger charge is -2.39. The van der Waals surface area contributed by atoms with Crippen molar-refractivity contribution in [3.05, 3.63) is 93.1 Å². The minimum Gasteiger partial charge on any atom is -0.465 e. The minimum absolute atomic E-state index is 0.0346. The number of fused-ring (bicyclic) bond motifs is 1. The fourth-order valence-corrected chi connectivity index (χ4v) is 7.10. The molecule has 2 amide bonds. The van der Waals surface area contributed by atoms with Crippen LogP contribution in [0.1, 0.15) is 47.9 Å². The fraction of sp³-hybridized carbons (Fsp3) is 0.412. The predicted molar refractivity (Wildman–Crippen MR) is 174 cm³/mol. The van der Waals surface area contributed by atoms with Gasteiger partial charge in [-0.1, -0.05) is 48.0 Å². The van der Waals surface area contributed by atoms with Crippen LogP contribution in [0, 0.1) is 0 Å². The van der Waals surface area contributed by atoms with Crippen molar-refractivity contribution in [1.82, 2.24) is 23.9 Å². The highest BCUT2D eigenvalue weighted by atomic mass is 35.5. The number of carboxylic acid groups (broad SMARTS) is 1. The Bertz CT molecular complexity index is 2030. The van der Waals surface area contributed by atoms with Gasteiger partial charge in [0.2, 0.25) is 5.91 Å². The topological polar surface area (TPSA) is 130 Å². The van der Waals surface area contributed by atoms with Crippen molar-refractivity contribution in [2.24, 2.45) is 0 Å². The molecule has 4 aromatic rings. The third-order valence-corrected chi connectivity index (χ3v) is 9.84. The van der Waals surface area contributed by atoms with Gasteiger partial charge in [-0.15, -0.1) is 0 Å². The monoisotopic (exact) mass is 755 g/mol. The molecular formula is C34H32ClF6N5O6. The highest BCUT2D eigenvalue weighted by molar-refractivity contribution is 6.31. The van der Waals surface area contributed by atoms with E-state index in [0.29, 0.717) is 0 Å². The summed E-state index contributed by atoms with van der Waals surface area (Å²) >= 11 is 6.44. The van der Waals surface area contributed by atoms with E-state index in [1.807, 2.05) is 0 Å². The number of nitrogens with zero attached hydrogens (tertiary/aromatic N) is 5. The van der Waals surface area contributed by atoms with Gasteiger partial charge in [0.15, 0.2) is 5.65 Å². The molecule has 52 heavy (non-hydrogen) atoms. The standard InChI is InChI=1S/C34H32ClF6N5O6/c35-27-15-23-29(46(27)21-6-7-22(25(14-21)34(39,40)41)26-17-52-13-12-45(26)31(49)50)42-19-44(30(23)48)18-32(51)8-10-43(11-9-32)28(47)16-24(33(36,37)38)20-4-2-1-3-5-20/h1-7,14-15,19,24,26,51H,8-13,16-18H2,(H,49,50). The zero-order valence-corrected chi connectivity index (χ0v) is 28.0. The van der Waals surface area contributed by atoms with Crippen LogP contribution in [0.15, 0.2) is 65.7 Å². The lowest BCUT2D eigenvalue weighted by Crippen LogP contribution is -2.50. The molecular weight excluding hydrogens is 724 g/mol. The first-order chi connectivity index (χ1) is 24.5. The molecule has 2 aliphatic rings. The molecule has 2 unspecified atom stereocenters. The fourth-order valence-electron chi connectivity index (χ4n) is 6.81. The van der Waals surface area contributed by atoms with Crippen LogP contribution in [0.25, 0.3) is 16.7 Å². The molecule has 6 rings (SSSR count). The summed E-state index contributed by atoms with van der Waals surface area (Å²) < 4.78 is 92.1. The Balaban J connectivity index is 1.21. The van der Waals surface area contributed by atoms with Crippen molar-refractivity contribution >= 4 is 34.6 Å². The zero-order chi connectivity index (χ0) is 37.6. The predicted octanol–water partition coefficient (Wildman–Crippen LogP) is 6.00. The van der Waals surface area contributed by atoms with Crippen molar-refractivity contribution < 1.29 is 50.9 Å². The SMILES string of the molecule is O=C(CC(c1ccccc1)C(F)(F)F)N1CCC(O)(Cn2cnc3c(cc(Cl)n3-c3ccc(C4COCCN4C(=O)O)c(C(F)(F)F)c3)c2=O)CC1. The Morgan fingerprint density at radius 2 is 1.71 bits per heavy atom. The summed E-state index contributed by atoms with van der Waals surface area (Å²) in [4.78, 5) is 44.7. The number of ether oxygens (including phenoxy) is 1. The number of piperidine rings is 1. The van der Waals surface area contributed by atoms with Gasteiger partial charge in [0, 0.05) is 31.7 Å². The number of likely N-dealkylation sites (tertiary alicyclic amines) is 1. The first-order valence-corrected chi connectivity index (χ1v) is 16.5. The molecule has 2 aromatic heterocycles. The van der Waals surface area contributed by atoms with Crippen LogP contribution in [-0.4, -0.2) is 90.8 Å². The van der Waals surface area contributed by atoms with Gasteiger partial charge in [0.05, 0.1) is 48.3 Å². The number of amides is 2. The highest BCUT2D eigenvalue weighted by Crippen LogP contribution is 2.40. The Morgan fingerprint density at radius 3 is 2.35 bits per heavy atom. The third-order valence-electron chi connectivity index (χ3n) is 9.56. The maximum atomic E-state index is 14.4. The maximum Gasteiger partial charge on any atom is 0.416 e. The molecule has 18 heteroatoms. The van der Waals surface area contributed by atoms with Crippen LogP contribution in [-0.2, 0) is 22.3 Å². The number of hydrogen-bond donors (Lipinski definition) is 2. The van der Waals surface area contributed by atoms with Crippen molar-refractivity contribution in [3.63, 3.8) is 0 Å². The Morgan fingerprint density at radius 1 is 1.02 bits per heavy atom. The quantitative estimate of drug-likeness (QED) is 0.222. The number of morpholine rings is 1. The molecule has 278 valence electrons. The average molecular weight is 756 g/mol. The van der Waals surface area contributed by atoms with Crippen LogP contribution < -0.4 is 5.56 Å². The summed E-state index contributed by atoms with van der Waals surface area (Å²) in [7, 11) is 0. The summed E-state index contributed by atoms with van der Waals surface area (Å²) in [5.74, 6) is -2.72. The Hall–Kier alpha value is -4.61. The molecule has 2 aliphatic heterocycles. The highest BCUT2D eigenvalue weighted by Gasteiger charge is 2.44. The van der Waals surface area contributed by atoms with E-state index in [4.69, 9.17) is 16.3 Å². The number of rotatable bonds is 7. The van der Waals surface area contributed by atoms with Crippen LogP contribution in [0.5, 0.6) is 0 Å².